The Hall–Kier alpha value is -0.360. The lowest BCUT2D eigenvalue weighted by Crippen LogP contribution is -1.94. The maximum Gasteiger partial charge on any atom is 0.185 e. The fraction of sp³-hybridized carbons (Fsp3) is 0.318. The largest absolute Gasteiger partial charge is 0.289 e. The number of benzene rings is 2. The molecule has 0 aliphatic carbocycles. The number of thioether (sulfide) groups is 1. The third kappa shape index (κ3) is 7.52. The quantitative estimate of drug-likeness (QED) is 0.0926. The van der Waals surface area contributed by atoms with Gasteiger partial charge in [0, 0.05) is 23.9 Å². The van der Waals surface area contributed by atoms with Crippen LogP contribution < -0.4 is 0 Å². The highest BCUT2D eigenvalue weighted by atomic mass is 79.9. The molecule has 0 N–H and O–H groups in total. The van der Waals surface area contributed by atoms with Gasteiger partial charge in [-0.1, -0.05) is 38.7 Å². The molecule has 0 aliphatic heterocycles. The third-order valence-corrected chi connectivity index (χ3v) is 8.64. The van der Waals surface area contributed by atoms with Crippen LogP contribution in [0, 0.1) is 0 Å². The van der Waals surface area contributed by atoms with Crippen molar-refractivity contribution in [2.24, 2.45) is 0 Å². The SMILES string of the molecule is CCCCCCCSc1ccc(C(=O)/C=C/c2ccc(Br)c(Br)c2Br)cc1. The summed E-state index contributed by atoms with van der Waals surface area (Å²) in [4.78, 5) is 13.7. The van der Waals surface area contributed by atoms with Crippen LogP contribution in [-0.4, -0.2) is 11.5 Å². The van der Waals surface area contributed by atoms with Crippen molar-refractivity contribution in [1.82, 2.24) is 0 Å². The lowest BCUT2D eigenvalue weighted by atomic mass is 10.1. The standard InChI is InChI=1S/C22H23Br3OS/c1-2-3-4-5-6-15-27-18-11-7-16(8-12-18)20(26)14-10-17-9-13-19(23)22(25)21(17)24/h7-14H,2-6,15H2,1H3/b14-10+. The average molecular weight is 575 g/mol. The molecule has 0 aromatic heterocycles. The number of ketones is 1. The summed E-state index contributed by atoms with van der Waals surface area (Å²) in [6, 6.07) is 11.8. The second kappa shape index (κ2) is 12.3. The van der Waals surface area contributed by atoms with Gasteiger partial charge in [0.25, 0.3) is 0 Å². The van der Waals surface area contributed by atoms with E-state index < -0.39 is 0 Å². The molecular weight excluding hydrogens is 552 g/mol. The molecule has 0 amide bonds. The number of rotatable bonds is 10. The van der Waals surface area contributed by atoms with Gasteiger partial charge in [0.1, 0.15) is 0 Å². The van der Waals surface area contributed by atoms with E-state index in [4.69, 9.17) is 0 Å². The molecule has 0 bridgehead atoms. The zero-order valence-electron chi connectivity index (χ0n) is 15.3. The normalized spacial score (nSPS) is 11.3. The molecule has 5 heteroatoms. The highest BCUT2D eigenvalue weighted by Crippen LogP contribution is 2.34. The predicted molar refractivity (Wildman–Crippen MR) is 129 cm³/mol. The van der Waals surface area contributed by atoms with Crippen LogP contribution in [0.15, 0.2) is 60.8 Å². The molecule has 2 rings (SSSR count). The Balaban J connectivity index is 1.89. The van der Waals surface area contributed by atoms with Gasteiger partial charge in [0.05, 0.1) is 0 Å². The van der Waals surface area contributed by atoms with Crippen molar-refractivity contribution in [2.45, 2.75) is 43.9 Å². The lowest BCUT2D eigenvalue weighted by molar-refractivity contribution is 0.104. The number of unbranched alkanes of at least 4 members (excludes halogenated alkanes) is 4. The third-order valence-electron chi connectivity index (χ3n) is 4.13. The van der Waals surface area contributed by atoms with E-state index in [0.717, 1.165) is 24.7 Å². The van der Waals surface area contributed by atoms with Crippen molar-refractivity contribution >= 4 is 71.4 Å². The van der Waals surface area contributed by atoms with Crippen molar-refractivity contribution in [1.29, 1.82) is 0 Å². The summed E-state index contributed by atoms with van der Waals surface area (Å²) in [5, 5.41) is 0. The summed E-state index contributed by atoms with van der Waals surface area (Å²) in [5.74, 6) is 1.15. The van der Waals surface area contributed by atoms with Gasteiger partial charge in [-0.05, 0) is 108 Å². The van der Waals surface area contributed by atoms with Gasteiger partial charge in [0.15, 0.2) is 5.78 Å². The van der Waals surface area contributed by atoms with Gasteiger partial charge < -0.3 is 0 Å². The van der Waals surface area contributed by atoms with E-state index in [-0.39, 0.29) is 5.78 Å². The first-order chi connectivity index (χ1) is 13.0. The smallest absolute Gasteiger partial charge is 0.185 e. The molecule has 0 saturated carbocycles. The molecule has 1 nitrogen and oxygen atoms in total. The van der Waals surface area contributed by atoms with E-state index in [2.05, 4.69) is 54.7 Å². The Morgan fingerprint density at radius 2 is 1.63 bits per heavy atom. The number of carbonyl (C=O) groups is 1. The van der Waals surface area contributed by atoms with Crippen LogP contribution in [0.1, 0.15) is 54.9 Å². The number of hydrogen-bond acceptors (Lipinski definition) is 2. The second-order valence-corrected chi connectivity index (χ2v) is 9.86. The van der Waals surface area contributed by atoms with E-state index >= 15 is 0 Å². The monoisotopic (exact) mass is 572 g/mol. The first-order valence-corrected chi connectivity index (χ1v) is 12.5. The van der Waals surface area contributed by atoms with Crippen LogP contribution in [-0.2, 0) is 0 Å². The zero-order chi connectivity index (χ0) is 19.6. The van der Waals surface area contributed by atoms with Gasteiger partial charge in [0.2, 0.25) is 0 Å². The Kier molecular flexibility index (Phi) is 10.4. The Bertz CT molecular complexity index is 785. The molecule has 0 heterocycles. The van der Waals surface area contributed by atoms with E-state index in [1.54, 1.807) is 6.08 Å². The van der Waals surface area contributed by atoms with Gasteiger partial charge in [-0.2, -0.15) is 0 Å². The fourth-order valence-corrected chi connectivity index (χ4v) is 4.89. The van der Waals surface area contributed by atoms with Crippen LogP contribution in [0.5, 0.6) is 0 Å². The maximum atomic E-state index is 12.4. The van der Waals surface area contributed by atoms with Crippen molar-refractivity contribution in [2.75, 3.05) is 5.75 Å². The van der Waals surface area contributed by atoms with Crippen molar-refractivity contribution < 1.29 is 4.79 Å². The maximum absolute atomic E-state index is 12.4. The lowest BCUT2D eigenvalue weighted by Gasteiger charge is -2.04. The molecule has 0 spiro atoms. The van der Waals surface area contributed by atoms with E-state index in [0.29, 0.717) is 5.56 Å². The summed E-state index contributed by atoms with van der Waals surface area (Å²) >= 11 is 12.4. The molecule has 0 radical (unpaired) electrons. The molecule has 2 aromatic carbocycles. The first kappa shape index (κ1) is 22.9. The summed E-state index contributed by atoms with van der Waals surface area (Å²) < 4.78 is 2.83. The summed E-state index contributed by atoms with van der Waals surface area (Å²) in [6.07, 6.45) is 9.98. The highest BCUT2D eigenvalue weighted by molar-refractivity contribution is 9.14. The first-order valence-electron chi connectivity index (χ1n) is 9.11. The van der Waals surface area contributed by atoms with E-state index in [1.165, 1.54) is 37.0 Å². The average Bonchev–Trinajstić information content (AvgIpc) is 2.68. The minimum absolute atomic E-state index is 0.0112. The molecule has 144 valence electrons. The van der Waals surface area contributed by atoms with Crippen molar-refractivity contribution in [3.63, 3.8) is 0 Å². The number of hydrogen-bond donors (Lipinski definition) is 0. The van der Waals surface area contributed by atoms with Gasteiger partial charge >= 0.3 is 0 Å². The molecule has 0 aliphatic rings. The van der Waals surface area contributed by atoms with Crippen LogP contribution in [0.2, 0.25) is 0 Å². The number of carbonyl (C=O) groups excluding carboxylic acids is 1. The van der Waals surface area contributed by atoms with Crippen LogP contribution in [0.25, 0.3) is 6.08 Å². The van der Waals surface area contributed by atoms with Crippen LogP contribution in [0.4, 0.5) is 0 Å². The highest BCUT2D eigenvalue weighted by Gasteiger charge is 2.07. The van der Waals surface area contributed by atoms with E-state index in [1.807, 2.05) is 54.2 Å². The van der Waals surface area contributed by atoms with Gasteiger partial charge in [-0.15, -0.1) is 11.8 Å². The van der Waals surface area contributed by atoms with Crippen molar-refractivity contribution in [3.8, 4) is 0 Å². The Morgan fingerprint density at radius 1 is 0.926 bits per heavy atom. The number of halogens is 3. The number of allylic oxidation sites excluding steroid dienone is 1. The van der Waals surface area contributed by atoms with Crippen molar-refractivity contribution in [3.05, 3.63) is 67.0 Å². The molecule has 0 fully saturated rings. The molecule has 2 aromatic rings. The van der Waals surface area contributed by atoms with Crippen LogP contribution >= 0.6 is 59.6 Å². The van der Waals surface area contributed by atoms with Crippen LogP contribution in [0.3, 0.4) is 0 Å². The summed E-state index contributed by atoms with van der Waals surface area (Å²) in [5.41, 5.74) is 1.67. The van der Waals surface area contributed by atoms with E-state index in [9.17, 15) is 4.79 Å². The van der Waals surface area contributed by atoms with Gasteiger partial charge in [-0.25, -0.2) is 0 Å². The minimum Gasteiger partial charge on any atom is -0.289 e. The molecule has 0 saturated heterocycles. The Morgan fingerprint density at radius 3 is 2.33 bits per heavy atom. The topological polar surface area (TPSA) is 17.1 Å². The molecule has 0 atom stereocenters. The molecular formula is C22H23Br3OS. The fourth-order valence-electron chi connectivity index (χ4n) is 2.54. The summed E-state index contributed by atoms with van der Waals surface area (Å²) in [6.45, 7) is 2.24. The minimum atomic E-state index is 0.0112. The molecule has 0 unspecified atom stereocenters. The molecule has 27 heavy (non-hydrogen) atoms. The predicted octanol–water partition coefficient (Wildman–Crippen LogP) is 8.93. The zero-order valence-corrected chi connectivity index (χ0v) is 20.9. The summed E-state index contributed by atoms with van der Waals surface area (Å²) in [7, 11) is 0. The second-order valence-electron chi connectivity index (χ2n) is 6.25. The van der Waals surface area contributed by atoms with Gasteiger partial charge in [-0.3, -0.25) is 4.79 Å². The Labute approximate surface area is 191 Å².